The molecule has 0 aliphatic rings. The maximum Gasteiger partial charge on any atom is 0.0566 e. The van der Waals surface area contributed by atoms with Crippen molar-refractivity contribution in [3.8, 4) is 27.9 Å². The van der Waals surface area contributed by atoms with Gasteiger partial charge in [-0.1, -0.05) is 133 Å². The molecule has 2 heterocycles. The number of aromatic nitrogens is 2. The lowest BCUT2D eigenvalue weighted by atomic mass is 9.85. The van der Waals surface area contributed by atoms with E-state index in [1.54, 1.807) is 0 Å². The van der Waals surface area contributed by atoms with Gasteiger partial charge >= 0.3 is 0 Å². The van der Waals surface area contributed by atoms with Gasteiger partial charge in [0.05, 0.1) is 16.6 Å². The molecule has 0 fully saturated rings. The Morgan fingerprint density at radius 2 is 1.00 bits per heavy atom. The largest absolute Gasteiger partial charge is 0.354 e. The van der Waals surface area contributed by atoms with Crippen molar-refractivity contribution >= 4 is 43.6 Å². The number of aromatic amines is 1. The lowest BCUT2D eigenvalue weighted by Gasteiger charge is -2.20. The zero-order valence-electron chi connectivity index (χ0n) is 27.6. The van der Waals surface area contributed by atoms with Crippen molar-refractivity contribution in [1.29, 1.82) is 0 Å². The van der Waals surface area contributed by atoms with Crippen LogP contribution >= 0.6 is 0 Å². The van der Waals surface area contributed by atoms with Crippen LogP contribution in [0.25, 0.3) is 71.6 Å². The second-order valence-electron chi connectivity index (χ2n) is 14.8. The number of nitrogens with one attached hydrogen (secondary N) is 1. The first-order chi connectivity index (χ1) is 22.1. The molecule has 0 aliphatic carbocycles. The predicted octanol–water partition coefficient (Wildman–Crippen LogP) is 12.3. The van der Waals surface area contributed by atoms with Crippen LogP contribution in [0.2, 0.25) is 0 Å². The highest BCUT2D eigenvalue weighted by atomic mass is 15.0. The third kappa shape index (κ3) is 4.63. The fourth-order valence-corrected chi connectivity index (χ4v) is 7.05. The van der Waals surface area contributed by atoms with Crippen LogP contribution in [0.1, 0.15) is 52.7 Å². The normalized spacial score (nSPS) is 12.6. The van der Waals surface area contributed by atoms with Gasteiger partial charge in [0.15, 0.2) is 0 Å². The van der Waals surface area contributed by atoms with E-state index >= 15 is 0 Å². The van der Waals surface area contributed by atoms with Crippen molar-refractivity contribution < 1.29 is 0 Å². The molecular formula is C44H40N2. The summed E-state index contributed by atoms with van der Waals surface area (Å²) >= 11 is 0. The van der Waals surface area contributed by atoms with Crippen LogP contribution in [0.4, 0.5) is 0 Å². The van der Waals surface area contributed by atoms with E-state index in [1.807, 2.05) is 0 Å². The van der Waals surface area contributed by atoms with Crippen LogP contribution in [-0.4, -0.2) is 9.55 Å². The Bertz CT molecular complexity index is 2330. The minimum atomic E-state index is 0.108. The average molecular weight is 597 g/mol. The molecule has 0 atom stereocenters. The van der Waals surface area contributed by atoms with Crippen molar-refractivity contribution in [3.63, 3.8) is 0 Å². The Labute approximate surface area is 271 Å². The minimum Gasteiger partial charge on any atom is -0.354 e. The summed E-state index contributed by atoms with van der Waals surface area (Å²) in [6.07, 6.45) is 0. The van der Waals surface area contributed by atoms with Crippen LogP contribution in [0.15, 0.2) is 127 Å². The molecule has 8 rings (SSSR count). The SMILES string of the molecule is CC(C)(C)c1ccc(-c2cc(-c3ccc(C(C)(C)C)cc3)cc(-n3c4ccccc4c4c5[nH]c6ccccc6c5ccc43)c2)cc1. The number of hydrogen-bond acceptors (Lipinski definition) is 0. The second kappa shape index (κ2) is 10.2. The predicted molar refractivity (Wildman–Crippen MR) is 198 cm³/mol. The second-order valence-corrected chi connectivity index (χ2v) is 14.8. The highest BCUT2D eigenvalue weighted by Crippen LogP contribution is 2.41. The molecule has 2 aromatic heterocycles. The lowest BCUT2D eigenvalue weighted by molar-refractivity contribution is 0.590. The quantitative estimate of drug-likeness (QED) is 0.209. The molecule has 1 N–H and O–H groups in total. The topological polar surface area (TPSA) is 20.7 Å². The highest BCUT2D eigenvalue weighted by Gasteiger charge is 2.19. The summed E-state index contributed by atoms with van der Waals surface area (Å²) in [6, 6.07) is 47.4. The first kappa shape index (κ1) is 28.4. The van der Waals surface area contributed by atoms with E-state index in [9.17, 15) is 0 Å². The van der Waals surface area contributed by atoms with E-state index in [4.69, 9.17) is 0 Å². The van der Waals surface area contributed by atoms with E-state index in [2.05, 4.69) is 178 Å². The minimum absolute atomic E-state index is 0.108. The van der Waals surface area contributed by atoms with Crippen molar-refractivity contribution in [1.82, 2.24) is 9.55 Å². The number of fused-ring (bicyclic) bond motifs is 7. The summed E-state index contributed by atoms with van der Waals surface area (Å²) in [5, 5.41) is 5.04. The van der Waals surface area contributed by atoms with E-state index in [-0.39, 0.29) is 10.8 Å². The number of benzene rings is 6. The van der Waals surface area contributed by atoms with Crippen molar-refractivity contribution in [2.75, 3.05) is 0 Å². The van der Waals surface area contributed by atoms with Crippen molar-refractivity contribution in [2.24, 2.45) is 0 Å². The molecular weight excluding hydrogens is 556 g/mol. The molecule has 0 unspecified atom stereocenters. The lowest BCUT2D eigenvalue weighted by Crippen LogP contribution is -2.10. The van der Waals surface area contributed by atoms with Gasteiger partial charge in [-0.3, -0.25) is 0 Å². The van der Waals surface area contributed by atoms with Gasteiger partial charge in [0.25, 0.3) is 0 Å². The van der Waals surface area contributed by atoms with Crippen LogP contribution in [0, 0.1) is 0 Å². The molecule has 0 spiro atoms. The van der Waals surface area contributed by atoms with Crippen LogP contribution in [0.3, 0.4) is 0 Å². The smallest absolute Gasteiger partial charge is 0.0566 e. The number of H-pyrrole nitrogens is 1. The van der Waals surface area contributed by atoms with Gasteiger partial charge in [-0.2, -0.15) is 0 Å². The molecule has 226 valence electrons. The van der Waals surface area contributed by atoms with E-state index in [1.165, 1.54) is 77.0 Å². The molecule has 46 heavy (non-hydrogen) atoms. The van der Waals surface area contributed by atoms with Crippen LogP contribution in [0.5, 0.6) is 0 Å². The first-order valence-corrected chi connectivity index (χ1v) is 16.4. The fraction of sp³-hybridized carbons (Fsp3) is 0.182. The molecule has 0 aliphatic heterocycles. The summed E-state index contributed by atoms with van der Waals surface area (Å²) in [5.41, 5.74) is 13.7. The zero-order valence-corrected chi connectivity index (χ0v) is 27.6. The van der Waals surface area contributed by atoms with Gasteiger partial charge in [0, 0.05) is 32.7 Å². The van der Waals surface area contributed by atoms with Crippen molar-refractivity contribution in [2.45, 2.75) is 52.4 Å². The third-order valence-electron chi connectivity index (χ3n) is 9.66. The molecule has 0 radical (unpaired) electrons. The summed E-state index contributed by atoms with van der Waals surface area (Å²) < 4.78 is 2.45. The molecule has 0 saturated heterocycles. The Kier molecular flexibility index (Phi) is 6.31. The van der Waals surface area contributed by atoms with E-state index in [0.29, 0.717) is 0 Å². The van der Waals surface area contributed by atoms with Crippen molar-refractivity contribution in [3.05, 3.63) is 139 Å². The Morgan fingerprint density at radius 3 is 1.59 bits per heavy atom. The van der Waals surface area contributed by atoms with Gasteiger partial charge in [0.1, 0.15) is 0 Å². The van der Waals surface area contributed by atoms with Gasteiger partial charge in [-0.25, -0.2) is 0 Å². The Hall–Kier alpha value is -5.08. The summed E-state index contributed by atoms with van der Waals surface area (Å²) in [6.45, 7) is 13.6. The first-order valence-electron chi connectivity index (χ1n) is 16.4. The molecule has 0 saturated carbocycles. The van der Waals surface area contributed by atoms with Gasteiger partial charge in [0.2, 0.25) is 0 Å². The monoisotopic (exact) mass is 596 g/mol. The maximum atomic E-state index is 3.77. The van der Waals surface area contributed by atoms with Crippen LogP contribution in [-0.2, 0) is 10.8 Å². The third-order valence-corrected chi connectivity index (χ3v) is 9.66. The molecule has 2 heteroatoms. The number of rotatable bonds is 3. The van der Waals surface area contributed by atoms with E-state index in [0.717, 1.165) is 5.69 Å². The maximum absolute atomic E-state index is 3.77. The molecule has 2 nitrogen and oxygen atoms in total. The summed E-state index contributed by atoms with van der Waals surface area (Å²) in [4.78, 5) is 3.77. The number of nitrogens with zero attached hydrogens (tertiary/aromatic N) is 1. The Morgan fingerprint density at radius 1 is 0.457 bits per heavy atom. The molecule has 0 bridgehead atoms. The fourth-order valence-electron chi connectivity index (χ4n) is 7.05. The zero-order chi connectivity index (χ0) is 31.8. The van der Waals surface area contributed by atoms with E-state index < -0.39 is 0 Å². The number of hydrogen-bond donors (Lipinski definition) is 1. The summed E-state index contributed by atoms with van der Waals surface area (Å²) in [7, 11) is 0. The van der Waals surface area contributed by atoms with Gasteiger partial charge in [-0.05, 0) is 80.6 Å². The Balaban J connectivity index is 1.40. The molecule has 6 aromatic carbocycles. The standard InChI is InChI=1S/C44H40N2/c1-43(2,3)32-19-15-28(16-20-32)30-25-31(29-17-21-33(22-18-29)44(4,5)6)27-34(26-30)46-39-14-10-8-12-37(39)41-40(46)24-23-36-35-11-7-9-13-38(35)45-42(36)41/h7-27,45H,1-6H3. The van der Waals surface area contributed by atoms with Crippen LogP contribution < -0.4 is 0 Å². The molecule has 8 aromatic rings. The number of para-hydroxylation sites is 2. The van der Waals surface area contributed by atoms with Gasteiger partial charge < -0.3 is 9.55 Å². The molecule has 0 amide bonds. The highest BCUT2D eigenvalue weighted by molar-refractivity contribution is 6.25. The average Bonchev–Trinajstić information content (AvgIpc) is 3.60. The van der Waals surface area contributed by atoms with Gasteiger partial charge in [-0.15, -0.1) is 0 Å². The summed E-state index contributed by atoms with van der Waals surface area (Å²) in [5.74, 6) is 0.